The smallest absolute Gasteiger partial charge is 0.260 e. The molecule has 0 unspecified atom stereocenters. The number of aromatic hydroxyl groups is 2. The minimum absolute atomic E-state index is 0.145. The fraction of sp³-hybridized carbons (Fsp3) is 0.302. The van der Waals surface area contributed by atoms with E-state index in [1.807, 2.05) is 87.5 Å². The number of aryl methyl sites for hydroxylation is 3. The first-order valence-electron chi connectivity index (χ1n) is 17.9. The third-order valence-corrected chi connectivity index (χ3v) is 11.9. The summed E-state index contributed by atoms with van der Waals surface area (Å²) in [5, 5.41) is 21.7. The Morgan fingerprint density at radius 3 is 2.13 bits per heavy atom. The van der Waals surface area contributed by atoms with E-state index in [1.54, 1.807) is 24.3 Å². The molecule has 4 aromatic carbocycles. The number of rotatable bonds is 7. The highest BCUT2D eigenvalue weighted by Gasteiger charge is 2.70. The van der Waals surface area contributed by atoms with Crippen LogP contribution >= 0.6 is 0 Å². The highest BCUT2D eigenvalue weighted by molar-refractivity contribution is 6.13. The van der Waals surface area contributed by atoms with Gasteiger partial charge >= 0.3 is 0 Å². The van der Waals surface area contributed by atoms with Crippen LogP contribution in [0.5, 0.6) is 11.5 Å². The second kappa shape index (κ2) is 12.5. The number of hydrogen-bond donors (Lipinski definition) is 3. The van der Waals surface area contributed by atoms with E-state index < -0.39 is 35.0 Å². The summed E-state index contributed by atoms with van der Waals surface area (Å²) in [6, 6.07) is 27.5. The molecular weight excluding hydrogens is 654 g/mol. The van der Waals surface area contributed by atoms with Crippen LogP contribution in [0.3, 0.4) is 0 Å². The summed E-state index contributed by atoms with van der Waals surface area (Å²) in [6.07, 6.45) is 3.06. The number of anilines is 1. The summed E-state index contributed by atoms with van der Waals surface area (Å²) in [5.41, 5.74) is 7.94. The Balaban J connectivity index is 1.26. The molecule has 264 valence electrons. The number of hydrogen-bond acceptors (Lipinski definition) is 7. The molecule has 6 atom stereocenters. The first-order chi connectivity index (χ1) is 25.0. The lowest BCUT2D eigenvalue weighted by Gasteiger charge is -2.50. The Bertz CT molecular complexity index is 2120. The number of likely N-dealkylation sites (tertiary alicyclic amines) is 1. The highest BCUT2D eigenvalue weighted by atomic mass is 16.3. The second-order valence-corrected chi connectivity index (χ2v) is 14.8. The maximum atomic E-state index is 15.3. The second-order valence-electron chi connectivity index (χ2n) is 14.8. The molecule has 4 amide bonds. The van der Waals surface area contributed by atoms with Gasteiger partial charge in [-0.1, -0.05) is 83.9 Å². The summed E-state index contributed by atoms with van der Waals surface area (Å²) in [7, 11) is 0. The summed E-state index contributed by atoms with van der Waals surface area (Å²) in [5.74, 6) is -4.14. The highest BCUT2D eigenvalue weighted by Crippen LogP contribution is 2.64. The summed E-state index contributed by atoms with van der Waals surface area (Å²) >= 11 is 0. The molecule has 3 N–H and O–H groups in total. The van der Waals surface area contributed by atoms with Crippen molar-refractivity contribution < 1.29 is 29.4 Å². The molecule has 4 aromatic rings. The Kier molecular flexibility index (Phi) is 8.05. The summed E-state index contributed by atoms with van der Waals surface area (Å²) in [4.78, 5) is 59.9. The van der Waals surface area contributed by atoms with E-state index in [4.69, 9.17) is 0 Å². The lowest BCUT2D eigenvalue weighted by molar-refractivity contribution is -0.141. The zero-order chi connectivity index (χ0) is 36.5. The van der Waals surface area contributed by atoms with Gasteiger partial charge in [-0.15, -0.1) is 0 Å². The predicted octanol–water partition coefficient (Wildman–Crippen LogP) is 6.25. The molecule has 2 heterocycles. The van der Waals surface area contributed by atoms with Crippen molar-refractivity contribution in [2.45, 2.75) is 51.4 Å². The largest absolute Gasteiger partial charge is 0.508 e. The van der Waals surface area contributed by atoms with Gasteiger partial charge in [-0.25, -0.2) is 0 Å². The monoisotopic (exact) mass is 695 g/mol. The van der Waals surface area contributed by atoms with Gasteiger partial charge in [0.25, 0.3) is 11.8 Å². The van der Waals surface area contributed by atoms with Gasteiger partial charge in [0.2, 0.25) is 11.8 Å². The van der Waals surface area contributed by atoms with Gasteiger partial charge < -0.3 is 10.2 Å². The Morgan fingerprint density at radius 2 is 1.46 bits per heavy atom. The number of hydrazine groups is 1. The van der Waals surface area contributed by atoms with Gasteiger partial charge in [0, 0.05) is 12.5 Å². The molecule has 9 nitrogen and oxygen atoms in total. The SMILES string of the molecule is Cc1ccc(NN2C(=O)[C@@H]3C[C@@H]4C(=CC[C@@H]5C(=O)N(CCc6ccc(O)cc6)C(=O)[C@@H]54)[C@H](c4cc(C)c(O)c(C)c4)[C@]3(c3ccccc3)C2=O)cc1. The van der Waals surface area contributed by atoms with Gasteiger partial charge in [0.1, 0.15) is 11.5 Å². The Hall–Kier alpha value is -5.70. The lowest BCUT2D eigenvalue weighted by atomic mass is 9.49. The van der Waals surface area contributed by atoms with Crippen LogP contribution in [0, 0.1) is 44.4 Å². The van der Waals surface area contributed by atoms with E-state index in [0.717, 1.165) is 27.3 Å². The van der Waals surface area contributed by atoms with Crippen LogP contribution in [-0.4, -0.2) is 50.3 Å². The molecule has 2 aliphatic heterocycles. The molecule has 1 saturated carbocycles. The van der Waals surface area contributed by atoms with Crippen molar-refractivity contribution in [3.8, 4) is 11.5 Å². The lowest BCUT2D eigenvalue weighted by Crippen LogP contribution is -2.53. The normalized spacial score (nSPS) is 26.6. The van der Waals surface area contributed by atoms with E-state index in [0.29, 0.717) is 35.2 Å². The molecule has 4 aliphatic rings. The van der Waals surface area contributed by atoms with Gasteiger partial charge in [0.05, 0.1) is 28.9 Å². The Morgan fingerprint density at radius 1 is 0.788 bits per heavy atom. The number of imide groups is 2. The third kappa shape index (κ3) is 5.05. The molecule has 52 heavy (non-hydrogen) atoms. The molecule has 9 heteroatoms. The standard InChI is InChI=1S/C43H41N3O6/c1-24-9-13-30(14-10-24)44-46-40(50)35-23-34-32(17-18-33-36(34)41(51)45(39(33)49)20-19-27-11-15-31(47)16-12-27)37(28-21-25(2)38(48)26(3)22-28)43(35,42(46)52)29-7-5-4-6-8-29/h4-17,21-22,33-37,44,47-48H,18-20,23H2,1-3H3/t33-,34+,35-,36-,37-,43+/m0/s1. The van der Waals surface area contributed by atoms with Crippen molar-refractivity contribution in [1.29, 1.82) is 0 Å². The number of fused-ring (bicyclic) bond motifs is 4. The number of phenols is 2. The molecule has 0 aromatic heterocycles. The maximum Gasteiger partial charge on any atom is 0.260 e. The van der Waals surface area contributed by atoms with Gasteiger partial charge in [0.15, 0.2) is 0 Å². The zero-order valence-corrected chi connectivity index (χ0v) is 29.4. The minimum Gasteiger partial charge on any atom is -0.508 e. The third-order valence-electron chi connectivity index (χ3n) is 11.9. The number of carbonyl (C=O) groups is 4. The molecule has 3 fully saturated rings. The topological polar surface area (TPSA) is 127 Å². The number of nitrogens with zero attached hydrogens (tertiary/aromatic N) is 2. The first kappa shape index (κ1) is 33.4. The molecule has 0 spiro atoms. The van der Waals surface area contributed by atoms with Crippen LogP contribution in [0.4, 0.5) is 5.69 Å². The number of allylic oxidation sites excluding steroid dienone is 2. The molecule has 0 radical (unpaired) electrons. The van der Waals surface area contributed by atoms with Gasteiger partial charge in [-0.05, 0) is 98.0 Å². The van der Waals surface area contributed by atoms with Crippen molar-refractivity contribution in [2.75, 3.05) is 12.0 Å². The van der Waals surface area contributed by atoms with Crippen molar-refractivity contribution >= 4 is 29.3 Å². The van der Waals surface area contributed by atoms with Crippen LogP contribution in [0.15, 0.2) is 103 Å². The average Bonchev–Trinajstić information content (AvgIpc) is 3.51. The van der Waals surface area contributed by atoms with Crippen molar-refractivity contribution in [3.63, 3.8) is 0 Å². The average molecular weight is 696 g/mol. The van der Waals surface area contributed by atoms with Crippen molar-refractivity contribution in [1.82, 2.24) is 9.91 Å². The number of benzene rings is 4. The van der Waals surface area contributed by atoms with Gasteiger partial charge in [-0.2, -0.15) is 5.01 Å². The van der Waals surface area contributed by atoms with Crippen LogP contribution in [0.2, 0.25) is 0 Å². The van der Waals surface area contributed by atoms with Crippen LogP contribution in [-0.2, 0) is 31.0 Å². The van der Waals surface area contributed by atoms with Gasteiger partial charge in [-0.3, -0.25) is 29.5 Å². The quantitative estimate of drug-likeness (QED) is 0.154. The summed E-state index contributed by atoms with van der Waals surface area (Å²) in [6.45, 7) is 5.82. The van der Waals surface area contributed by atoms with Crippen LogP contribution in [0.25, 0.3) is 0 Å². The molecule has 8 rings (SSSR count). The van der Waals surface area contributed by atoms with E-state index in [9.17, 15) is 24.6 Å². The summed E-state index contributed by atoms with van der Waals surface area (Å²) < 4.78 is 0. The first-order valence-corrected chi connectivity index (χ1v) is 17.9. The maximum absolute atomic E-state index is 15.3. The molecule has 0 bridgehead atoms. The van der Waals surface area contributed by atoms with E-state index in [2.05, 4.69) is 11.5 Å². The fourth-order valence-electron chi connectivity index (χ4n) is 9.47. The molecule has 2 saturated heterocycles. The number of carbonyl (C=O) groups excluding carboxylic acids is 4. The zero-order valence-electron chi connectivity index (χ0n) is 29.4. The Labute approximate surface area is 302 Å². The fourth-order valence-corrected chi connectivity index (χ4v) is 9.47. The van der Waals surface area contributed by atoms with Crippen LogP contribution in [0.1, 0.15) is 52.1 Å². The molecular formula is C43H41N3O6. The van der Waals surface area contributed by atoms with Crippen molar-refractivity contribution in [3.05, 3.63) is 136 Å². The number of phenolic OH excluding ortho intramolecular Hbond substituents is 2. The van der Waals surface area contributed by atoms with Crippen LogP contribution < -0.4 is 5.43 Å². The van der Waals surface area contributed by atoms with E-state index in [1.165, 1.54) is 4.90 Å². The number of amides is 4. The van der Waals surface area contributed by atoms with Crippen molar-refractivity contribution in [2.24, 2.45) is 23.7 Å². The number of nitrogens with one attached hydrogen (secondary N) is 1. The molecule has 2 aliphatic carbocycles. The van der Waals surface area contributed by atoms with E-state index >= 15 is 4.79 Å². The van der Waals surface area contributed by atoms with E-state index in [-0.39, 0.29) is 48.1 Å². The minimum atomic E-state index is -1.37. The predicted molar refractivity (Wildman–Crippen MR) is 195 cm³/mol.